The van der Waals surface area contributed by atoms with Crippen molar-refractivity contribution in [2.45, 2.75) is 58.2 Å². The molecule has 0 radical (unpaired) electrons. The predicted octanol–water partition coefficient (Wildman–Crippen LogP) is 2.77. The number of hydrogen-bond donors (Lipinski definition) is 4. The summed E-state index contributed by atoms with van der Waals surface area (Å²) in [4.78, 5) is 15.7. The van der Waals surface area contributed by atoms with Crippen LogP contribution in [-0.2, 0) is 9.63 Å². The highest BCUT2D eigenvalue weighted by Crippen LogP contribution is 2.50. The maximum atomic E-state index is 10.6. The molecule has 0 heterocycles. The van der Waals surface area contributed by atoms with Gasteiger partial charge in [0, 0.05) is 11.6 Å². The zero-order chi connectivity index (χ0) is 19.6. The molecule has 6 heteroatoms. The minimum atomic E-state index is -0.889. The van der Waals surface area contributed by atoms with E-state index in [1.54, 1.807) is 0 Å². The van der Waals surface area contributed by atoms with Crippen LogP contribution < -0.4 is 5.48 Å². The molecule has 4 unspecified atom stereocenters. The Morgan fingerprint density at radius 3 is 2.81 bits per heavy atom. The van der Waals surface area contributed by atoms with Gasteiger partial charge < -0.3 is 15.3 Å². The van der Waals surface area contributed by atoms with Crippen LogP contribution in [0.15, 0.2) is 29.5 Å². The number of carboxylic acid groups (broad SMARTS) is 1. The lowest BCUT2D eigenvalue weighted by atomic mass is 9.83. The molecule has 1 fully saturated rings. The van der Waals surface area contributed by atoms with Gasteiger partial charge in [-0.2, -0.15) is 0 Å². The van der Waals surface area contributed by atoms with Crippen molar-refractivity contribution in [1.82, 2.24) is 5.48 Å². The number of hydrogen-bond acceptors (Lipinski definition) is 5. The van der Waals surface area contributed by atoms with Crippen LogP contribution in [0, 0.1) is 25.7 Å². The van der Waals surface area contributed by atoms with E-state index in [4.69, 9.17) is 9.94 Å². The van der Waals surface area contributed by atoms with Gasteiger partial charge in [-0.1, -0.05) is 23.8 Å². The summed E-state index contributed by atoms with van der Waals surface area (Å²) in [5.74, 6) is -0.581. The summed E-state index contributed by atoms with van der Waals surface area (Å²) in [7, 11) is 0. The third-order valence-electron chi connectivity index (χ3n) is 5.85. The summed E-state index contributed by atoms with van der Waals surface area (Å²) in [6.07, 6.45) is 2.00. The molecule has 1 saturated carbocycles. The van der Waals surface area contributed by atoms with Gasteiger partial charge in [0.1, 0.15) is 0 Å². The van der Waals surface area contributed by atoms with Crippen LogP contribution in [0.3, 0.4) is 0 Å². The quantitative estimate of drug-likeness (QED) is 0.391. The summed E-state index contributed by atoms with van der Waals surface area (Å²) >= 11 is 0. The van der Waals surface area contributed by atoms with Crippen molar-refractivity contribution in [3.8, 4) is 0 Å². The molecule has 0 aliphatic heterocycles. The Morgan fingerprint density at radius 1 is 1.33 bits per heavy atom. The number of benzene rings is 1. The van der Waals surface area contributed by atoms with Crippen LogP contribution in [0.1, 0.15) is 54.9 Å². The van der Waals surface area contributed by atoms with Gasteiger partial charge in [0.25, 0.3) is 0 Å². The number of aliphatic hydroxyl groups excluding tert-OH is 2. The van der Waals surface area contributed by atoms with Crippen molar-refractivity contribution < 1.29 is 25.0 Å². The fraction of sp³-hybridized carbons (Fsp3) is 0.571. The van der Waals surface area contributed by atoms with Crippen LogP contribution in [-0.4, -0.2) is 34.0 Å². The molecule has 0 spiro atoms. The van der Waals surface area contributed by atoms with E-state index in [2.05, 4.69) is 11.5 Å². The van der Waals surface area contributed by atoms with E-state index in [0.29, 0.717) is 6.42 Å². The van der Waals surface area contributed by atoms with Gasteiger partial charge in [0.15, 0.2) is 0 Å². The summed E-state index contributed by atoms with van der Waals surface area (Å²) < 4.78 is 0. The van der Waals surface area contributed by atoms with Crippen LogP contribution in [0.5, 0.6) is 0 Å². The maximum Gasteiger partial charge on any atom is 0.305 e. The van der Waals surface area contributed by atoms with E-state index < -0.39 is 12.1 Å². The molecule has 0 saturated heterocycles. The molecule has 1 aromatic rings. The third-order valence-corrected chi connectivity index (χ3v) is 5.85. The second-order valence-corrected chi connectivity index (χ2v) is 7.82. The van der Waals surface area contributed by atoms with E-state index in [9.17, 15) is 15.0 Å². The number of aliphatic hydroxyl groups is 2. The van der Waals surface area contributed by atoms with Gasteiger partial charge >= 0.3 is 5.97 Å². The lowest BCUT2D eigenvalue weighted by Crippen LogP contribution is -2.32. The summed E-state index contributed by atoms with van der Waals surface area (Å²) in [6, 6.07) is 6.09. The lowest BCUT2D eigenvalue weighted by molar-refractivity contribution is -0.138. The average Bonchev–Trinajstić information content (AvgIpc) is 2.83. The van der Waals surface area contributed by atoms with Gasteiger partial charge in [-0.25, -0.2) is 0 Å². The minimum Gasteiger partial charge on any atom is -0.481 e. The Bertz CT molecular complexity index is 729. The van der Waals surface area contributed by atoms with E-state index in [1.807, 2.05) is 26.0 Å². The Labute approximate surface area is 159 Å². The molecule has 148 valence electrons. The number of hydroxylamine groups is 1. The summed E-state index contributed by atoms with van der Waals surface area (Å²) in [5.41, 5.74) is 8.25. The standard InChI is InChI=1S/C21H29NO5/c1-12-3-5-15(13(2)9-12)19(23)6-4-14-10-16-17(21(14)26)11-18(16)22-27-8-7-20(24)25/h3,5,9,14,17,19,21-23,26H,4,6-8,10-11H2,1-2H3,(H,24,25). The van der Waals surface area contributed by atoms with Gasteiger partial charge in [0.2, 0.25) is 0 Å². The average molecular weight is 375 g/mol. The highest BCUT2D eigenvalue weighted by atomic mass is 16.6. The third kappa shape index (κ3) is 4.51. The minimum absolute atomic E-state index is 0.0411. The molecule has 4 atom stereocenters. The van der Waals surface area contributed by atoms with Crippen molar-refractivity contribution in [3.63, 3.8) is 0 Å². The molecule has 4 N–H and O–H groups in total. The molecule has 27 heavy (non-hydrogen) atoms. The predicted molar refractivity (Wildman–Crippen MR) is 101 cm³/mol. The van der Waals surface area contributed by atoms with Crippen LogP contribution in [0.4, 0.5) is 0 Å². The van der Waals surface area contributed by atoms with Crippen molar-refractivity contribution in [1.29, 1.82) is 0 Å². The first-order valence-corrected chi connectivity index (χ1v) is 9.61. The molecule has 2 aliphatic rings. The van der Waals surface area contributed by atoms with Crippen LogP contribution in [0.25, 0.3) is 0 Å². The first-order valence-electron chi connectivity index (χ1n) is 9.61. The fourth-order valence-electron chi connectivity index (χ4n) is 4.28. The molecule has 0 bridgehead atoms. The van der Waals surface area contributed by atoms with Crippen LogP contribution in [0.2, 0.25) is 0 Å². The zero-order valence-electron chi connectivity index (χ0n) is 15.9. The van der Waals surface area contributed by atoms with Crippen LogP contribution >= 0.6 is 0 Å². The second-order valence-electron chi connectivity index (χ2n) is 7.82. The largest absolute Gasteiger partial charge is 0.481 e. The van der Waals surface area contributed by atoms with E-state index >= 15 is 0 Å². The Hall–Kier alpha value is -1.89. The van der Waals surface area contributed by atoms with Crippen molar-refractivity contribution in [3.05, 3.63) is 46.2 Å². The number of allylic oxidation sites excluding steroid dienone is 1. The Morgan fingerprint density at radius 2 is 2.11 bits per heavy atom. The normalized spacial score (nSPS) is 25.1. The monoisotopic (exact) mass is 375 g/mol. The first-order chi connectivity index (χ1) is 12.9. The number of nitrogens with one attached hydrogen (secondary N) is 1. The van der Waals surface area contributed by atoms with E-state index in [0.717, 1.165) is 36.1 Å². The first kappa shape index (κ1) is 19.9. The molecule has 0 aromatic heterocycles. The fourth-order valence-corrected chi connectivity index (χ4v) is 4.28. The number of rotatable bonds is 9. The molecule has 1 aromatic carbocycles. The SMILES string of the molecule is Cc1ccc(C(O)CCC2CC3=C(NOCCC(=O)O)CC3C2O)c(C)c1. The van der Waals surface area contributed by atoms with Gasteiger partial charge in [0.05, 0.1) is 25.2 Å². The number of aryl methyl sites for hydroxylation is 2. The molecular weight excluding hydrogens is 346 g/mol. The number of fused-ring (bicyclic) bond motifs is 1. The molecule has 6 nitrogen and oxygen atoms in total. The zero-order valence-corrected chi connectivity index (χ0v) is 15.9. The van der Waals surface area contributed by atoms with Crippen molar-refractivity contribution in [2.24, 2.45) is 11.8 Å². The van der Waals surface area contributed by atoms with Gasteiger partial charge in [-0.15, -0.1) is 0 Å². The maximum absolute atomic E-state index is 10.6. The summed E-state index contributed by atoms with van der Waals surface area (Å²) in [6.45, 7) is 4.17. The highest BCUT2D eigenvalue weighted by molar-refractivity contribution is 5.66. The van der Waals surface area contributed by atoms with E-state index in [-0.39, 0.29) is 31.0 Å². The number of carbonyl (C=O) groups is 1. The van der Waals surface area contributed by atoms with Crippen molar-refractivity contribution >= 4 is 5.97 Å². The van der Waals surface area contributed by atoms with Gasteiger partial charge in [-0.3, -0.25) is 15.1 Å². The number of carboxylic acids is 1. The smallest absolute Gasteiger partial charge is 0.305 e. The van der Waals surface area contributed by atoms with Crippen molar-refractivity contribution in [2.75, 3.05) is 6.61 Å². The Kier molecular flexibility index (Phi) is 6.19. The molecular formula is C21H29NO5. The molecule has 0 amide bonds. The molecule has 3 rings (SSSR count). The molecule has 2 aliphatic carbocycles. The lowest BCUT2D eigenvalue weighted by Gasteiger charge is -2.30. The van der Waals surface area contributed by atoms with E-state index in [1.165, 1.54) is 11.1 Å². The summed E-state index contributed by atoms with van der Waals surface area (Å²) in [5, 5.41) is 29.7. The Balaban J connectivity index is 1.50. The number of aliphatic carboxylic acids is 1. The second kappa shape index (κ2) is 8.42. The van der Waals surface area contributed by atoms with Gasteiger partial charge in [-0.05, 0) is 62.1 Å². The topological polar surface area (TPSA) is 99.0 Å². The highest BCUT2D eigenvalue weighted by Gasteiger charge is 2.45.